The normalized spacial score (nSPS) is 28.7. The van der Waals surface area contributed by atoms with Gasteiger partial charge in [-0.05, 0) is 63.7 Å². The molecule has 0 aromatic heterocycles. The van der Waals surface area contributed by atoms with Crippen molar-refractivity contribution in [2.24, 2.45) is 11.8 Å². The van der Waals surface area contributed by atoms with Gasteiger partial charge in [-0.25, -0.2) is 0 Å². The monoisotopic (exact) mass is 226 g/mol. The summed E-state index contributed by atoms with van der Waals surface area (Å²) in [6, 6.07) is 0. The number of hydrogen-bond acceptors (Lipinski definition) is 3. The average molecular weight is 226 g/mol. The third-order valence-electron chi connectivity index (χ3n) is 4.08. The van der Waals surface area contributed by atoms with Crippen LogP contribution in [0.3, 0.4) is 0 Å². The summed E-state index contributed by atoms with van der Waals surface area (Å²) in [5.74, 6) is 1.76. The van der Waals surface area contributed by atoms with Crippen molar-refractivity contribution >= 4 is 0 Å². The Morgan fingerprint density at radius 2 is 2.00 bits per heavy atom. The van der Waals surface area contributed by atoms with Crippen LogP contribution in [0.25, 0.3) is 0 Å². The maximum absolute atomic E-state index is 5.23. The van der Waals surface area contributed by atoms with Gasteiger partial charge in [-0.1, -0.05) is 0 Å². The lowest BCUT2D eigenvalue weighted by molar-refractivity contribution is 0.152. The molecule has 2 aliphatic rings. The van der Waals surface area contributed by atoms with Crippen LogP contribution in [0.5, 0.6) is 0 Å². The first-order valence-corrected chi connectivity index (χ1v) is 6.80. The molecule has 0 radical (unpaired) electrons. The van der Waals surface area contributed by atoms with Crippen molar-refractivity contribution in [1.82, 2.24) is 10.2 Å². The maximum Gasteiger partial charge on any atom is 0.0503 e. The van der Waals surface area contributed by atoms with Gasteiger partial charge >= 0.3 is 0 Å². The van der Waals surface area contributed by atoms with Crippen LogP contribution in [0, 0.1) is 11.8 Å². The molecule has 2 heterocycles. The lowest BCUT2D eigenvalue weighted by Gasteiger charge is -2.25. The summed E-state index contributed by atoms with van der Waals surface area (Å²) in [5.41, 5.74) is 0. The Hall–Kier alpha value is -0.120. The van der Waals surface area contributed by atoms with Gasteiger partial charge < -0.3 is 15.0 Å². The summed E-state index contributed by atoms with van der Waals surface area (Å²) in [4.78, 5) is 2.63. The molecule has 0 bridgehead atoms. The molecule has 3 heteroatoms. The van der Waals surface area contributed by atoms with E-state index in [4.69, 9.17) is 4.74 Å². The van der Waals surface area contributed by atoms with Crippen LogP contribution in [0.15, 0.2) is 0 Å². The molecule has 2 aliphatic heterocycles. The van der Waals surface area contributed by atoms with E-state index in [0.717, 1.165) is 18.4 Å². The van der Waals surface area contributed by atoms with Crippen molar-refractivity contribution < 1.29 is 4.74 Å². The Balaban J connectivity index is 1.59. The van der Waals surface area contributed by atoms with E-state index >= 15 is 0 Å². The Morgan fingerprint density at radius 1 is 1.19 bits per heavy atom. The largest absolute Gasteiger partial charge is 0.384 e. The first-order valence-electron chi connectivity index (χ1n) is 6.80. The van der Waals surface area contributed by atoms with Gasteiger partial charge in [-0.3, -0.25) is 0 Å². The van der Waals surface area contributed by atoms with Crippen molar-refractivity contribution in [3.05, 3.63) is 0 Å². The lowest BCUT2D eigenvalue weighted by Crippen LogP contribution is -2.31. The SMILES string of the molecule is COCC1CCN(CCC2CCNCC2)C1. The van der Waals surface area contributed by atoms with Crippen molar-refractivity contribution in [3.8, 4) is 0 Å². The molecule has 94 valence electrons. The Kier molecular flexibility index (Phi) is 5.07. The lowest BCUT2D eigenvalue weighted by atomic mass is 9.94. The quantitative estimate of drug-likeness (QED) is 0.766. The minimum Gasteiger partial charge on any atom is -0.384 e. The average Bonchev–Trinajstić information content (AvgIpc) is 2.76. The third kappa shape index (κ3) is 3.72. The minimum atomic E-state index is 0.790. The van der Waals surface area contributed by atoms with E-state index in [0.29, 0.717) is 0 Å². The smallest absolute Gasteiger partial charge is 0.0503 e. The highest BCUT2D eigenvalue weighted by molar-refractivity contribution is 4.77. The Labute approximate surface area is 99.5 Å². The molecule has 1 atom stereocenters. The molecule has 2 rings (SSSR count). The van der Waals surface area contributed by atoms with E-state index in [1.807, 2.05) is 7.11 Å². The van der Waals surface area contributed by atoms with Gasteiger partial charge in [0.1, 0.15) is 0 Å². The fourth-order valence-corrected chi connectivity index (χ4v) is 3.02. The van der Waals surface area contributed by atoms with Crippen LogP contribution >= 0.6 is 0 Å². The molecule has 1 N–H and O–H groups in total. The van der Waals surface area contributed by atoms with Crippen LogP contribution in [0.2, 0.25) is 0 Å². The standard InChI is InChI=1S/C13H26N2O/c1-16-11-13-5-9-15(10-13)8-4-12-2-6-14-7-3-12/h12-14H,2-11H2,1H3. The zero-order valence-electron chi connectivity index (χ0n) is 10.6. The zero-order chi connectivity index (χ0) is 11.2. The first-order chi connectivity index (χ1) is 7.88. The fraction of sp³-hybridized carbons (Fsp3) is 1.00. The van der Waals surface area contributed by atoms with Crippen LogP contribution in [0.1, 0.15) is 25.7 Å². The van der Waals surface area contributed by atoms with Gasteiger partial charge in [0.05, 0.1) is 6.61 Å². The molecular weight excluding hydrogens is 200 g/mol. The molecule has 0 aromatic carbocycles. The molecule has 3 nitrogen and oxygen atoms in total. The predicted octanol–water partition coefficient (Wildman–Crippen LogP) is 1.34. The topological polar surface area (TPSA) is 24.5 Å². The summed E-state index contributed by atoms with van der Waals surface area (Å²) in [7, 11) is 1.82. The van der Waals surface area contributed by atoms with Crippen molar-refractivity contribution in [3.63, 3.8) is 0 Å². The number of ether oxygens (including phenoxy) is 1. The number of hydrogen-bond donors (Lipinski definition) is 1. The molecule has 0 aliphatic carbocycles. The van der Waals surface area contributed by atoms with Crippen molar-refractivity contribution in [1.29, 1.82) is 0 Å². The van der Waals surface area contributed by atoms with Gasteiger partial charge in [-0.2, -0.15) is 0 Å². The Morgan fingerprint density at radius 3 is 2.75 bits per heavy atom. The highest BCUT2D eigenvalue weighted by Crippen LogP contribution is 2.20. The fourth-order valence-electron chi connectivity index (χ4n) is 3.02. The highest BCUT2D eigenvalue weighted by atomic mass is 16.5. The van der Waals surface area contributed by atoms with Gasteiger partial charge in [-0.15, -0.1) is 0 Å². The minimum absolute atomic E-state index is 0.790. The van der Waals surface area contributed by atoms with E-state index in [1.54, 1.807) is 0 Å². The molecule has 0 amide bonds. The number of rotatable bonds is 5. The number of nitrogens with one attached hydrogen (secondary N) is 1. The summed E-state index contributed by atoms with van der Waals surface area (Å²) >= 11 is 0. The van der Waals surface area contributed by atoms with Gasteiger partial charge in [0.2, 0.25) is 0 Å². The number of methoxy groups -OCH3 is 1. The molecule has 2 fully saturated rings. The Bertz CT molecular complexity index is 192. The van der Waals surface area contributed by atoms with Crippen molar-refractivity contribution in [2.45, 2.75) is 25.7 Å². The summed E-state index contributed by atoms with van der Waals surface area (Å²) in [6.45, 7) is 7.28. The maximum atomic E-state index is 5.23. The third-order valence-corrected chi connectivity index (χ3v) is 4.08. The second-order valence-corrected chi connectivity index (χ2v) is 5.39. The summed E-state index contributed by atoms with van der Waals surface area (Å²) < 4.78 is 5.23. The van der Waals surface area contributed by atoms with Gasteiger partial charge in [0.25, 0.3) is 0 Å². The van der Waals surface area contributed by atoms with Crippen LogP contribution in [-0.4, -0.2) is 51.3 Å². The molecule has 2 saturated heterocycles. The van der Waals surface area contributed by atoms with Gasteiger partial charge in [0, 0.05) is 13.7 Å². The molecule has 16 heavy (non-hydrogen) atoms. The van der Waals surface area contributed by atoms with E-state index < -0.39 is 0 Å². The van der Waals surface area contributed by atoms with E-state index in [2.05, 4.69) is 10.2 Å². The molecule has 0 aromatic rings. The number of piperidine rings is 1. The molecule has 0 spiro atoms. The van der Waals surface area contributed by atoms with Crippen molar-refractivity contribution in [2.75, 3.05) is 46.4 Å². The molecule has 0 saturated carbocycles. The number of nitrogens with zero attached hydrogens (tertiary/aromatic N) is 1. The van der Waals surface area contributed by atoms with E-state index in [9.17, 15) is 0 Å². The first kappa shape index (κ1) is 12.3. The van der Waals surface area contributed by atoms with Crippen LogP contribution < -0.4 is 5.32 Å². The second-order valence-electron chi connectivity index (χ2n) is 5.39. The van der Waals surface area contributed by atoms with Crippen LogP contribution in [0.4, 0.5) is 0 Å². The highest BCUT2D eigenvalue weighted by Gasteiger charge is 2.23. The zero-order valence-corrected chi connectivity index (χ0v) is 10.6. The molecular formula is C13H26N2O. The van der Waals surface area contributed by atoms with E-state index in [1.165, 1.54) is 58.4 Å². The predicted molar refractivity (Wildman–Crippen MR) is 66.6 cm³/mol. The van der Waals surface area contributed by atoms with E-state index in [-0.39, 0.29) is 0 Å². The summed E-state index contributed by atoms with van der Waals surface area (Å²) in [6.07, 6.45) is 5.51. The number of likely N-dealkylation sites (tertiary alicyclic amines) is 1. The van der Waals surface area contributed by atoms with Crippen LogP contribution in [-0.2, 0) is 4.74 Å². The second kappa shape index (κ2) is 6.58. The summed E-state index contributed by atoms with van der Waals surface area (Å²) in [5, 5.41) is 3.44. The van der Waals surface area contributed by atoms with Gasteiger partial charge in [0.15, 0.2) is 0 Å². The molecule has 1 unspecified atom stereocenters.